The zero-order valence-electron chi connectivity index (χ0n) is 19.0. The molecule has 0 spiro atoms. The van der Waals surface area contributed by atoms with E-state index in [1.807, 2.05) is 31.2 Å². The van der Waals surface area contributed by atoms with Gasteiger partial charge in [-0.1, -0.05) is 60.8 Å². The summed E-state index contributed by atoms with van der Waals surface area (Å²) in [5.74, 6) is 0.649. The van der Waals surface area contributed by atoms with Crippen molar-refractivity contribution in [2.24, 2.45) is 5.10 Å². The third kappa shape index (κ3) is 5.91. The van der Waals surface area contributed by atoms with E-state index in [4.69, 9.17) is 4.74 Å². The minimum Gasteiger partial charge on any atom is -0.482 e. The summed E-state index contributed by atoms with van der Waals surface area (Å²) >= 11 is 10.2. The molecule has 11 heteroatoms. The number of aryl methyl sites for hydroxylation is 1. The summed E-state index contributed by atoms with van der Waals surface area (Å²) in [4.78, 5) is 29.0. The fourth-order valence-electron chi connectivity index (χ4n) is 3.50. The molecule has 0 fully saturated rings. The van der Waals surface area contributed by atoms with Crippen LogP contribution >= 0.6 is 47.8 Å². The van der Waals surface area contributed by atoms with Gasteiger partial charge in [0.15, 0.2) is 5.75 Å². The molecule has 0 saturated carbocycles. The van der Waals surface area contributed by atoms with Crippen LogP contribution in [0.2, 0.25) is 0 Å². The van der Waals surface area contributed by atoms with E-state index in [0.717, 1.165) is 25.4 Å². The monoisotopic (exact) mass is 676 g/mol. The lowest BCUT2D eigenvalue weighted by atomic mass is 10.2. The second-order valence-corrected chi connectivity index (χ2v) is 10.5. The maximum Gasteiger partial charge on any atom is 0.311 e. The van der Waals surface area contributed by atoms with Gasteiger partial charge in [0.2, 0.25) is 0 Å². The van der Waals surface area contributed by atoms with Crippen LogP contribution in [0.4, 0.5) is 5.69 Å². The lowest BCUT2D eigenvalue weighted by molar-refractivity contribution is -0.385. The first-order valence-electron chi connectivity index (χ1n) is 10.9. The smallest absolute Gasteiger partial charge is 0.311 e. The van der Waals surface area contributed by atoms with Crippen molar-refractivity contribution in [3.8, 4) is 5.75 Å². The van der Waals surface area contributed by atoms with Crippen LogP contribution in [0, 0.1) is 10.1 Å². The van der Waals surface area contributed by atoms with Gasteiger partial charge in [-0.3, -0.25) is 14.9 Å². The summed E-state index contributed by atoms with van der Waals surface area (Å²) in [6.45, 7) is 2.14. The van der Waals surface area contributed by atoms with Crippen LogP contribution in [0.25, 0.3) is 10.9 Å². The van der Waals surface area contributed by atoms with Crippen LogP contribution in [0.1, 0.15) is 30.3 Å². The lowest BCUT2D eigenvalue weighted by Gasteiger charge is -2.10. The maximum atomic E-state index is 13.1. The molecular formula is C25H19Br3N4O4. The molecule has 36 heavy (non-hydrogen) atoms. The Kier molecular flexibility index (Phi) is 8.32. The average Bonchev–Trinajstić information content (AvgIpc) is 2.84. The molecule has 184 valence electrons. The summed E-state index contributed by atoms with van der Waals surface area (Å²) in [6, 6.07) is 15.5. The van der Waals surface area contributed by atoms with E-state index in [-0.39, 0.29) is 23.6 Å². The SMILES string of the molecule is CCCc1nc2ccc(Br)cc2c(=O)n1N=Cc1ccc(OCc2ccc(Br)cc2Br)c([N+](=O)[O-])c1. The molecular weight excluding hydrogens is 660 g/mol. The van der Waals surface area contributed by atoms with Gasteiger partial charge in [-0.25, -0.2) is 4.98 Å². The number of halogens is 3. The number of hydrogen-bond acceptors (Lipinski definition) is 6. The molecule has 4 rings (SSSR count). The molecule has 0 amide bonds. The number of ether oxygens (including phenoxy) is 1. The minimum atomic E-state index is -0.507. The summed E-state index contributed by atoms with van der Waals surface area (Å²) in [6.07, 6.45) is 2.74. The molecule has 0 N–H and O–H groups in total. The first-order valence-corrected chi connectivity index (χ1v) is 13.3. The van der Waals surface area contributed by atoms with Gasteiger partial charge in [0.05, 0.1) is 22.0 Å². The molecule has 8 nitrogen and oxygen atoms in total. The fourth-order valence-corrected chi connectivity index (χ4v) is 5.02. The van der Waals surface area contributed by atoms with Crippen molar-refractivity contribution in [1.29, 1.82) is 0 Å². The van der Waals surface area contributed by atoms with Crippen LogP contribution in [0.3, 0.4) is 0 Å². The highest BCUT2D eigenvalue weighted by molar-refractivity contribution is 9.11. The van der Waals surface area contributed by atoms with Gasteiger partial charge in [-0.15, -0.1) is 0 Å². The Balaban J connectivity index is 1.66. The Labute approximate surface area is 231 Å². The zero-order chi connectivity index (χ0) is 25.8. The Morgan fingerprint density at radius 1 is 1.08 bits per heavy atom. The predicted octanol–water partition coefficient (Wildman–Crippen LogP) is 7.01. The van der Waals surface area contributed by atoms with Gasteiger partial charge in [-0.2, -0.15) is 9.78 Å². The third-order valence-electron chi connectivity index (χ3n) is 5.25. The van der Waals surface area contributed by atoms with E-state index in [0.29, 0.717) is 28.7 Å². The van der Waals surface area contributed by atoms with Crippen LogP contribution < -0.4 is 10.3 Å². The van der Waals surface area contributed by atoms with E-state index in [9.17, 15) is 14.9 Å². The van der Waals surface area contributed by atoms with Gasteiger partial charge in [-0.05, 0) is 48.9 Å². The van der Waals surface area contributed by atoms with Crippen LogP contribution in [0.5, 0.6) is 5.75 Å². The highest BCUT2D eigenvalue weighted by atomic mass is 79.9. The van der Waals surface area contributed by atoms with Crippen LogP contribution in [-0.2, 0) is 13.0 Å². The predicted molar refractivity (Wildman–Crippen MR) is 150 cm³/mol. The second-order valence-electron chi connectivity index (χ2n) is 7.81. The van der Waals surface area contributed by atoms with Gasteiger partial charge in [0, 0.05) is 37.0 Å². The number of aromatic nitrogens is 2. The van der Waals surface area contributed by atoms with E-state index in [2.05, 4.69) is 57.9 Å². The molecule has 0 aliphatic carbocycles. The van der Waals surface area contributed by atoms with Crippen molar-refractivity contribution in [1.82, 2.24) is 9.66 Å². The molecule has 4 aromatic rings. The third-order valence-corrected chi connectivity index (χ3v) is 6.97. The molecule has 0 radical (unpaired) electrons. The number of nitro benzene ring substituents is 1. The summed E-state index contributed by atoms with van der Waals surface area (Å²) in [7, 11) is 0. The Bertz CT molecular complexity index is 1550. The van der Waals surface area contributed by atoms with Gasteiger partial charge in [0.1, 0.15) is 12.4 Å². The molecule has 0 aliphatic heterocycles. The molecule has 1 heterocycles. The zero-order valence-corrected chi connectivity index (χ0v) is 23.7. The molecule has 0 atom stereocenters. The summed E-state index contributed by atoms with van der Waals surface area (Å²) in [5.41, 5.74) is 1.37. The van der Waals surface area contributed by atoms with Gasteiger partial charge in [0.25, 0.3) is 5.56 Å². The Morgan fingerprint density at radius 2 is 1.83 bits per heavy atom. The molecule has 0 aliphatic rings. The van der Waals surface area contributed by atoms with E-state index >= 15 is 0 Å². The summed E-state index contributed by atoms with van der Waals surface area (Å²) < 4.78 is 9.49. The number of rotatable bonds is 8. The highest BCUT2D eigenvalue weighted by Gasteiger charge is 2.17. The molecule has 0 bridgehead atoms. The van der Waals surface area contributed by atoms with Crippen molar-refractivity contribution in [2.75, 3.05) is 0 Å². The van der Waals surface area contributed by atoms with Crippen molar-refractivity contribution in [2.45, 2.75) is 26.4 Å². The molecule has 3 aromatic carbocycles. The van der Waals surface area contributed by atoms with Crippen LogP contribution in [0.15, 0.2) is 77.9 Å². The summed E-state index contributed by atoms with van der Waals surface area (Å²) in [5, 5.41) is 16.5. The Morgan fingerprint density at radius 3 is 2.56 bits per heavy atom. The van der Waals surface area contributed by atoms with E-state index < -0.39 is 4.92 Å². The van der Waals surface area contributed by atoms with Crippen molar-refractivity contribution in [3.05, 3.63) is 105 Å². The number of fused-ring (bicyclic) bond motifs is 1. The molecule has 1 aromatic heterocycles. The molecule has 0 saturated heterocycles. The maximum absolute atomic E-state index is 13.1. The van der Waals surface area contributed by atoms with Gasteiger partial charge < -0.3 is 4.74 Å². The normalized spacial score (nSPS) is 11.3. The standard InChI is InChI=1S/C25H19Br3N4O4/c1-2-3-24-30-21-8-7-17(26)11-19(21)25(33)31(24)29-13-15-4-9-23(22(10-15)32(34)35)36-14-16-5-6-18(27)12-20(16)28/h4-13H,2-3,14H2,1H3. The highest BCUT2D eigenvalue weighted by Crippen LogP contribution is 2.30. The quantitative estimate of drug-likeness (QED) is 0.113. The number of nitro groups is 1. The first-order chi connectivity index (χ1) is 17.3. The largest absolute Gasteiger partial charge is 0.482 e. The number of hydrogen-bond donors (Lipinski definition) is 0. The molecule has 0 unspecified atom stereocenters. The first kappa shape index (κ1) is 26.2. The number of benzene rings is 3. The van der Waals surface area contributed by atoms with E-state index in [1.165, 1.54) is 23.0 Å². The van der Waals surface area contributed by atoms with Crippen LogP contribution in [-0.4, -0.2) is 20.8 Å². The van der Waals surface area contributed by atoms with Gasteiger partial charge >= 0.3 is 5.69 Å². The fraction of sp³-hybridized carbons (Fsp3) is 0.160. The average molecular weight is 679 g/mol. The van der Waals surface area contributed by atoms with Crippen molar-refractivity contribution < 1.29 is 9.66 Å². The Hall–Kier alpha value is -2.89. The van der Waals surface area contributed by atoms with Crippen molar-refractivity contribution >= 4 is 70.6 Å². The minimum absolute atomic E-state index is 0.132. The topological polar surface area (TPSA) is 99.6 Å². The lowest BCUT2D eigenvalue weighted by Crippen LogP contribution is -2.22. The number of nitrogens with zero attached hydrogens (tertiary/aromatic N) is 4. The van der Waals surface area contributed by atoms with E-state index in [1.54, 1.807) is 18.2 Å². The second kappa shape index (κ2) is 11.4. The van der Waals surface area contributed by atoms with Crippen molar-refractivity contribution in [3.63, 3.8) is 0 Å².